The molecule has 0 unspecified atom stereocenters. The van der Waals surface area contributed by atoms with Gasteiger partial charge in [0.1, 0.15) is 29.1 Å². The highest BCUT2D eigenvalue weighted by atomic mass is 19.1. The van der Waals surface area contributed by atoms with Crippen molar-refractivity contribution in [2.24, 2.45) is 11.8 Å². The number of rotatable bonds is 4. The van der Waals surface area contributed by atoms with E-state index in [1.807, 2.05) is 25.7 Å². The van der Waals surface area contributed by atoms with Gasteiger partial charge in [0, 0.05) is 36.8 Å². The van der Waals surface area contributed by atoms with Crippen LogP contribution in [-0.2, 0) is 0 Å². The van der Waals surface area contributed by atoms with Crippen LogP contribution in [0.5, 0.6) is 0 Å². The molecule has 0 saturated carbocycles. The fourth-order valence-corrected chi connectivity index (χ4v) is 4.29. The van der Waals surface area contributed by atoms with Gasteiger partial charge in [-0.25, -0.2) is 18.6 Å². The highest BCUT2D eigenvalue weighted by Gasteiger charge is 2.33. The molecule has 0 radical (unpaired) electrons. The van der Waals surface area contributed by atoms with Crippen LogP contribution in [0.25, 0.3) is 11.3 Å². The molecule has 176 valence electrons. The van der Waals surface area contributed by atoms with Gasteiger partial charge in [-0.1, -0.05) is 6.92 Å². The third-order valence-electron chi connectivity index (χ3n) is 5.73. The topological polar surface area (TPSA) is 119 Å². The predicted molar refractivity (Wildman–Crippen MR) is 120 cm³/mol. The molecule has 0 spiro atoms. The molecule has 0 bridgehead atoms. The first-order chi connectivity index (χ1) is 15.4. The molecule has 1 aromatic heterocycles. The molecule has 2 atom stereocenters. The van der Waals surface area contributed by atoms with Crippen molar-refractivity contribution in [3.05, 3.63) is 35.4 Å². The number of halogens is 2. The van der Waals surface area contributed by atoms with Gasteiger partial charge in [-0.3, -0.25) is 0 Å². The number of nitriles is 1. The van der Waals surface area contributed by atoms with Crippen LogP contribution in [0, 0.1) is 34.8 Å². The van der Waals surface area contributed by atoms with Crippen molar-refractivity contribution in [2.75, 3.05) is 30.3 Å². The number of nitrogen functional groups attached to an aromatic ring is 1. The minimum Gasteiger partial charge on any atom is -0.465 e. The lowest BCUT2D eigenvalue weighted by atomic mass is 9.89. The van der Waals surface area contributed by atoms with Crippen LogP contribution in [0.1, 0.15) is 39.7 Å². The normalized spacial score (nSPS) is 18.6. The summed E-state index contributed by atoms with van der Waals surface area (Å²) < 4.78 is 28.3. The smallest absolute Gasteiger partial charge is 0.407 e. The molecule has 1 amide bonds. The highest BCUT2D eigenvalue weighted by molar-refractivity contribution is 5.67. The number of amides is 1. The Labute approximate surface area is 191 Å². The van der Waals surface area contributed by atoms with E-state index in [4.69, 9.17) is 11.0 Å². The third kappa shape index (κ3) is 5.48. The molecular formula is C23H28F2N6O2. The zero-order valence-electron chi connectivity index (χ0n) is 19.1. The maximum Gasteiger partial charge on any atom is 0.407 e. The maximum atomic E-state index is 14.1. The van der Waals surface area contributed by atoms with Gasteiger partial charge in [0.15, 0.2) is 0 Å². The van der Waals surface area contributed by atoms with Crippen molar-refractivity contribution >= 4 is 17.9 Å². The predicted octanol–water partition coefficient (Wildman–Crippen LogP) is 4.12. The average Bonchev–Trinajstić information content (AvgIpc) is 2.70. The molecule has 1 saturated heterocycles. The first-order valence-corrected chi connectivity index (χ1v) is 10.7. The summed E-state index contributed by atoms with van der Waals surface area (Å²) >= 11 is 0. The van der Waals surface area contributed by atoms with Crippen molar-refractivity contribution in [3.63, 3.8) is 0 Å². The third-order valence-corrected chi connectivity index (χ3v) is 5.73. The van der Waals surface area contributed by atoms with Crippen LogP contribution < -0.4 is 10.6 Å². The molecule has 0 aliphatic carbocycles. The van der Waals surface area contributed by atoms with E-state index in [2.05, 4.69) is 16.9 Å². The van der Waals surface area contributed by atoms with Gasteiger partial charge in [-0.2, -0.15) is 10.2 Å². The minimum atomic E-state index is -0.978. The number of hydrogen-bond acceptors (Lipinski definition) is 6. The van der Waals surface area contributed by atoms with Crippen molar-refractivity contribution in [1.82, 2.24) is 14.9 Å². The zero-order valence-corrected chi connectivity index (χ0v) is 19.1. The van der Waals surface area contributed by atoms with Gasteiger partial charge in [-0.15, -0.1) is 0 Å². The van der Waals surface area contributed by atoms with Crippen molar-refractivity contribution in [1.29, 1.82) is 5.26 Å². The second kappa shape index (κ2) is 9.17. The Morgan fingerprint density at radius 3 is 2.45 bits per heavy atom. The van der Waals surface area contributed by atoms with Gasteiger partial charge in [0.2, 0.25) is 5.95 Å². The Morgan fingerprint density at radius 2 is 1.91 bits per heavy atom. The molecule has 3 rings (SSSR count). The monoisotopic (exact) mass is 458 g/mol. The van der Waals surface area contributed by atoms with Crippen molar-refractivity contribution < 1.29 is 18.7 Å². The molecule has 8 nitrogen and oxygen atoms in total. The number of hydrogen-bond donors (Lipinski definition) is 2. The van der Waals surface area contributed by atoms with E-state index in [-0.39, 0.29) is 29.0 Å². The molecule has 1 aromatic carbocycles. The number of piperidine rings is 1. The Balaban J connectivity index is 1.91. The van der Waals surface area contributed by atoms with Crippen molar-refractivity contribution in [3.8, 4) is 17.3 Å². The molecule has 1 aliphatic heterocycles. The summed E-state index contributed by atoms with van der Waals surface area (Å²) in [6.07, 6.45) is -0.110. The molecule has 1 aliphatic rings. The van der Waals surface area contributed by atoms with Crippen LogP contribution in [-0.4, -0.2) is 51.2 Å². The van der Waals surface area contributed by atoms with E-state index in [0.29, 0.717) is 25.5 Å². The molecule has 10 heteroatoms. The standard InChI is InChI=1S/C23H28F2N6O2/c1-13-5-14(12-31(22(32)33)23(2,3)4)11-30(10-13)20-8-19(28-21(27)29-20)15-6-17(24)16(9-26)18(25)7-15/h6-8,13-14H,5,10-12H2,1-4H3,(H,32,33)(H2,27,28,29)/t13-,14-/m1/s1. The van der Waals surface area contributed by atoms with E-state index in [9.17, 15) is 18.7 Å². The van der Waals surface area contributed by atoms with E-state index in [1.54, 1.807) is 6.07 Å². The van der Waals surface area contributed by atoms with Crippen LogP contribution in [0.4, 0.5) is 25.3 Å². The summed E-state index contributed by atoms with van der Waals surface area (Å²) in [6, 6.07) is 5.19. The summed E-state index contributed by atoms with van der Waals surface area (Å²) in [7, 11) is 0. The lowest BCUT2D eigenvalue weighted by molar-refractivity contribution is 0.0837. The van der Waals surface area contributed by atoms with Crippen LogP contribution in [0.3, 0.4) is 0 Å². The Hall–Kier alpha value is -3.48. The number of carboxylic acid groups (broad SMARTS) is 1. The fourth-order valence-electron chi connectivity index (χ4n) is 4.29. The fraction of sp³-hybridized carbons (Fsp3) is 0.478. The highest BCUT2D eigenvalue weighted by Crippen LogP contribution is 2.31. The molecule has 3 N–H and O–H groups in total. The summed E-state index contributed by atoms with van der Waals surface area (Å²) in [5.74, 6) is -1.18. The lowest BCUT2D eigenvalue weighted by Crippen LogP contribution is -2.51. The van der Waals surface area contributed by atoms with Gasteiger partial charge >= 0.3 is 6.09 Å². The number of benzene rings is 1. The number of nitrogens with zero attached hydrogens (tertiary/aromatic N) is 5. The van der Waals surface area contributed by atoms with Gasteiger partial charge in [-0.05, 0) is 51.2 Å². The maximum absolute atomic E-state index is 14.1. The molecule has 2 heterocycles. The summed E-state index contributed by atoms with van der Waals surface area (Å²) in [5.41, 5.74) is 5.09. The Morgan fingerprint density at radius 1 is 1.27 bits per heavy atom. The quantitative estimate of drug-likeness (QED) is 0.707. The summed E-state index contributed by atoms with van der Waals surface area (Å²) in [6.45, 7) is 9.26. The average molecular weight is 459 g/mol. The van der Waals surface area contributed by atoms with Gasteiger partial charge < -0.3 is 20.6 Å². The van der Waals surface area contributed by atoms with Crippen LogP contribution >= 0.6 is 0 Å². The zero-order chi connectivity index (χ0) is 24.5. The molecule has 2 aromatic rings. The lowest BCUT2D eigenvalue weighted by Gasteiger charge is -2.41. The second-order valence-electron chi connectivity index (χ2n) is 9.57. The SMILES string of the molecule is C[C@@H]1C[C@@H](CN(C(=O)O)C(C)(C)C)CN(c2cc(-c3cc(F)c(C#N)c(F)c3)nc(N)n2)C1. The number of aromatic nitrogens is 2. The van der Waals surface area contributed by atoms with Crippen LogP contribution in [0.2, 0.25) is 0 Å². The largest absolute Gasteiger partial charge is 0.465 e. The number of carbonyl (C=O) groups is 1. The van der Waals surface area contributed by atoms with Crippen molar-refractivity contribution in [2.45, 2.75) is 39.7 Å². The Kier molecular flexibility index (Phi) is 6.72. The molecule has 33 heavy (non-hydrogen) atoms. The summed E-state index contributed by atoms with van der Waals surface area (Å²) in [4.78, 5) is 23.7. The van der Waals surface area contributed by atoms with E-state index >= 15 is 0 Å². The van der Waals surface area contributed by atoms with E-state index in [1.165, 1.54) is 11.0 Å². The molecular weight excluding hydrogens is 430 g/mol. The number of nitrogens with two attached hydrogens (primary N) is 1. The first kappa shape index (κ1) is 24.2. The van der Waals surface area contributed by atoms with Crippen LogP contribution in [0.15, 0.2) is 18.2 Å². The van der Waals surface area contributed by atoms with Gasteiger partial charge in [0.05, 0.1) is 5.69 Å². The molecule has 1 fully saturated rings. The minimum absolute atomic E-state index is 0.0516. The number of anilines is 2. The first-order valence-electron chi connectivity index (χ1n) is 10.7. The van der Waals surface area contributed by atoms with Gasteiger partial charge in [0.25, 0.3) is 0 Å². The van der Waals surface area contributed by atoms with E-state index in [0.717, 1.165) is 18.6 Å². The van der Waals surface area contributed by atoms with E-state index < -0.39 is 28.8 Å². The second-order valence-corrected chi connectivity index (χ2v) is 9.57. The summed E-state index contributed by atoms with van der Waals surface area (Å²) in [5, 5.41) is 18.6. The Bertz CT molecular complexity index is 1070.